The lowest BCUT2D eigenvalue weighted by atomic mass is 10.3. The number of hydrogen-bond acceptors (Lipinski definition) is 2. The van der Waals surface area contributed by atoms with Gasteiger partial charge in [-0.25, -0.2) is 0 Å². The molecule has 1 N–H and O–H groups in total. The molecule has 0 fully saturated rings. The zero-order valence-corrected chi connectivity index (χ0v) is 12.7. The van der Waals surface area contributed by atoms with Gasteiger partial charge in [0.2, 0.25) is 0 Å². The Morgan fingerprint density at radius 3 is 2.38 bits per heavy atom. The van der Waals surface area contributed by atoms with Gasteiger partial charge in [-0.05, 0) is 65.1 Å². The molecule has 16 heavy (non-hydrogen) atoms. The van der Waals surface area contributed by atoms with Crippen LogP contribution in [0.15, 0.2) is 56.7 Å². The molecule has 0 bridgehead atoms. The SMILES string of the molecule is Oc1cc(Br)ccc1Sc1ccc(I)cc1. The minimum atomic E-state index is 0.304. The van der Waals surface area contributed by atoms with Crippen LogP contribution in [-0.4, -0.2) is 5.11 Å². The van der Waals surface area contributed by atoms with Crippen molar-refractivity contribution in [1.82, 2.24) is 0 Å². The summed E-state index contributed by atoms with van der Waals surface area (Å²) in [6.45, 7) is 0. The summed E-state index contributed by atoms with van der Waals surface area (Å²) in [7, 11) is 0. The summed E-state index contributed by atoms with van der Waals surface area (Å²) in [6, 6.07) is 13.7. The second-order valence-corrected chi connectivity index (χ2v) is 6.44. The van der Waals surface area contributed by atoms with Gasteiger partial charge in [0.25, 0.3) is 0 Å². The molecule has 0 heterocycles. The molecular weight excluding hydrogens is 399 g/mol. The van der Waals surface area contributed by atoms with Crippen molar-refractivity contribution in [2.24, 2.45) is 0 Å². The van der Waals surface area contributed by atoms with Crippen molar-refractivity contribution < 1.29 is 5.11 Å². The second kappa shape index (κ2) is 5.42. The molecular formula is C12H8BrIOS. The molecule has 0 atom stereocenters. The lowest BCUT2D eigenvalue weighted by Gasteiger charge is -2.04. The average Bonchev–Trinajstić information content (AvgIpc) is 2.25. The monoisotopic (exact) mass is 406 g/mol. The number of phenolic OH excluding ortho intramolecular Hbond substituents is 1. The summed E-state index contributed by atoms with van der Waals surface area (Å²) in [5.74, 6) is 0.304. The van der Waals surface area contributed by atoms with E-state index in [2.05, 4.69) is 50.7 Å². The van der Waals surface area contributed by atoms with E-state index in [4.69, 9.17) is 0 Å². The summed E-state index contributed by atoms with van der Waals surface area (Å²) in [4.78, 5) is 1.99. The first-order valence-electron chi connectivity index (χ1n) is 4.57. The van der Waals surface area contributed by atoms with E-state index in [9.17, 15) is 5.11 Å². The lowest BCUT2D eigenvalue weighted by molar-refractivity contribution is 0.462. The molecule has 4 heteroatoms. The van der Waals surface area contributed by atoms with Crippen LogP contribution in [0.3, 0.4) is 0 Å². The van der Waals surface area contributed by atoms with Crippen molar-refractivity contribution in [1.29, 1.82) is 0 Å². The first kappa shape index (κ1) is 12.3. The van der Waals surface area contributed by atoms with Gasteiger partial charge in [0.1, 0.15) is 5.75 Å². The van der Waals surface area contributed by atoms with Crippen LogP contribution in [0.2, 0.25) is 0 Å². The van der Waals surface area contributed by atoms with Gasteiger partial charge in [-0.15, -0.1) is 0 Å². The molecule has 2 rings (SSSR count). The third-order valence-electron chi connectivity index (χ3n) is 1.96. The molecule has 0 radical (unpaired) electrons. The van der Waals surface area contributed by atoms with Crippen LogP contribution in [0.5, 0.6) is 5.75 Å². The Hall–Kier alpha value is -0.200. The van der Waals surface area contributed by atoms with E-state index in [1.807, 2.05) is 24.3 Å². The summed E-state index contributed by atoms with van der Waals surface area (Å²) >= 11 is 7.15. The minimum absolute atomic E-state index is 0.304. The molecule has 0 amide bonds. The highest BCUT2D eigenvalue weighted by Gasteiger charge is 2.03. The molecule has 0 saturated carbocycles. The fourth-order valence-corrected chi connectivity index (χ4v) is 2.74. The third kappa shape index (κ3) is 3.15. The molecule has 0 saturated heterocycles. The Kier molecular flexibility index (Phi) is 4.16. The molecule has 0 aliphatic carbocycles. The summed E-state index contributed by atoms with van der Waals surface area (Å²) in [5.41, 5.74) is 0. The van der Waals surface area contributed by atoms with Crippen molar-refractivity contribution in [2.75, 3.05) is 0 Å². The molecule has 1 nitrogen and oxygen atoms in total. The zero-order valence-electron chi connectivity index (χ0n) is 8.15. The normalized spacial score (nSPS) is 10.4. The summed E-state index contributed by atoms with van der Waals surface area (Å²) in [5, 5.41) is 9.75. The number of phenols is 1. The van der Waals surface area contributed by atoms with Crippen LogP contribution in [-0.2, 0) is 0 Å². The maximum Gasteiger partial charge on any atom is 0.130 e. The Labute approximate surface area is 121 Å². The van der Waals surface area contributed by atoms with Crippen LogP contribution in [0.25, 0.3) is 0 Å². The number of rotatable bonds is 2. The Morgan fingerprint density at radius 2 is 1.75 bits per heavy atom. The van der Waals surface area contributed by atoms with E-state index in [1.54, 1.807) is 17.8 Å². The number of hydrogen-bond donors (Lipinski definition) is 1. The average molecular weight is 407 g/mol. The highest BCUT2D eigenvalue weighted by Crippen LogP contribution is 2.35. The zero-order chi connectivity index (χ0) is 11.5. The fraction of sp³-hybridized carbons (Fsp3) is 0. The van der Waals surface area contributed by atoms with Gasteiger partial charge in [0.15, 0.2) is 0 Å². The maximum atomic E-state index is 9.75. The highest BCUT2D eigenvalue weighted by atomic mass is 127. The van der Waals surface area contributed by atoms with Crippen molar-refractivity contribution >= 4 is 50.3 Å². The maximum absolute atomic E-state index is 9.75. The number of benzene rings is 2. The topological polar surface area (TPSA) is 20.2 Å². The smallest absolute Gasteiger partial charge is 0.130 e. The van der Waals surface area contributed by atoms with E-state index in [-0.39, 0.29) is 0 Å². The van der Waals surface area contributed by atoms with Crippen LogP contribution in [0.1, 0.15) is 0 Å². The van der Waals surface area contributed by atoms with Crippen molar-refractivity contribution in [3.63, 3.8) is 0 Å². The predicted molar refractivity (Wildman–Crippen MR) is 79.1 cm³/mol. The largest absolute Gasteiger partial charge is 0.507 e. The van der Waals surface area contributed by atoms with Gasteiger partial charge in [-0.1, -0.05) is 27.7 Å². The molecule has 82 valence electrons. The standard InChI is InChI=1S/C12H8BrIOS/c13-8-1-6-12(11(15)7-8)16-10-4-2-9(14)3-5-10/h1-7,15H. The summed E-state index contributed by atoms with van der Waals surface area (Å²) in [6.07, 6.45) is 0. The van der Waals surface area contributed by atoms with Crippen molar-refractivity contribution in [3.8, 4) is 5.75 Å². The Balaban J connectivity index is 2.23. The van der Waals surface area contributed by atoms with E-state index in [1.165, 1.54) is 3.57 Å². The van der Waals surface area contributed by atoms with E-state index < -0.39 is 0 Å². The van der Waals surface area contributed by atoms with Gasteiger partial charge < -0.3 is 5.11 Å². The predicted octanol–water partition coefficient (Wildman–Crippen LogP) is 4.91. The van der Waals surface area contributed by atoms with Gasteiger partial charge >= 0.3 is 0 Å². The lowest BCUT2D eigenvalue weighted by Crippen LogP contribution is -1.76. The van der Waals surface area contributed by atoms with Crippen molar-refractivity contribution in [3.05, 3.63) is 50.5 Å². The first-order valence-corrected chi connectivity index (χ1v) is 7.26. The third-order valence-corrected chi connectivity index (χ3v) is 4.25. The number of aromatic hydroxyl groups is 1. The van der Waals surface area contributed by atoms with Crippen molar-refractivity contribution in [2.45, 2.75) is 9.79 Å². The van der Waals surface area contributed by atoms with Crippen LogP contribution < -0.4 is 0 Å². The second-order valence-electron chi connectivity index (χ2n) is 3.17. The first-order chi connectivity index (χ1) is 7.65. The quantitative estimate of drug-likeness (QED) is 0.715. The van der Waals surface area contributed by atoms with Crippen LogP contribution >= 0.6 is 50.3 Å². The fourth-order valence-electron chi connectivity index (χ4n) is 1.21. The molecule has 0 aliphatic rings. The number of halogens is 2. The molecule has 0 aromatic heterocycles. The highest BCUT2D eigenvalue weighted by molar-refractivity contribution is 14.1. The Bertz CT molecular complexity index is 499. The van der Waals surface area contributed by atoms with Crippen LogP contribution in [0, 0.1) is 3.57 Å². The molecule has 0 spiro atoms. The van der Waals surface area contributed by atoms with Gasteiger partial charge in [-0.2, -0.15) is 0 Å². The molecule has 0 aliphatic heterocycles. The van der Waals surface area contributed by atoms with Gasteiger partial charge in [-0.3, -0.25) is 0 Å². The van der Waals surface area contributed by atoms with E-state index >= 15 is 0 Å². The molecule has 0 unspecified atom stereocenters. The summed E-state index contributed by atoms with van der Waals surface area (Å²) < 4.78 is 2.10. The van der Waals surface area contributed by atoms with Crippen LogP contribution in [0.4, 0.5) is 0 Å². The van der Waals surface area contributed by atoms with Gasteiger partial charge in [0, 0.05) is 12.9 Å². The minimum Gasteiger partial charge on any atom is -0.507 e. The van der Waals surface area contributed by atoms with E-state index in [0.29, 0.717) is 5.75 Å². The van der Waals surface area contributed by atoms with E-state index in [0.717, 1.165) is 14.3 Å². The van der Waals surface area contributed by atoms with Gasteiger partial charge in [0.05, 0.1) is 4.90 Å². The molecule has 2 aromatic carbocycles. The molecule has 2 aromatic rings. The Morgan fingerprint density at radius 1 is 1.06 bits per heavy atom.